The van der Waals surface area contributed by atoms with E-state index in [2.05, 4.69) is 125 Å². The second-order valence-electron chi connectivity index (χ2n) is 14.8. The van der Waals surface area contributed by atoms with Gasteiger partial charge in [-0.25, -0.2) is 0 Å². The Kier molecular flexibility index (Phi) is 12.1. The van der Waals surface area contributed by atoms with E-state index in [0.717, 1.165) is 68.7 Å². The van der Waals surface area contributed by atoms with E-state index in [-0.39, 0.29) is 17.3 Å². The number of carbonyl (C=O) groups is 1. The maximum absolute atomic E-state index is 11.1. The average Bonchev–Trinajstić information content (AvgIpc) is 3.32. The fourth-order valence-corrected chi connectivity index (χ4v) is 7.32. The highest BCUT2D eigenvalue weighted by atomic mass is 16.5. The van der Waals surface area contributed by atoms with Gasteiger partial charge in [0.25, 0.3) is 0 Å². The Bertz CT molecular complexity index is 1760. The van der Waals surface area contributed by atoms with Crippen LogP contribution in [0, 0.1) is 0 Å². The highest BCUT2D eigenvalue weighted by Gasteiger charge is 2.39. The first-order valence-corrected chi connectivity index (χ1v) is 18.6. The highest BCUT2D eigenvalue weighted by Crippen LogP contribution is 2.48. The molecule has 5 nitrogen and oxygen atoms in total. The maximum atomic E-state index is 11.1. The van der Waals surface area contributed by atoms with E-state index < -0.39 is 5.97 Å². The number of allylic oxidation sites excluding steroid dienone is 7. The van der Waals surface area contributed by atoms with Crippen LogP contribution in [0.3, 0.4) is 0 Å². The summed E-state index contributed by atoms with van der Waals surface area (Å²) in [6.45, 7) is 15.7. The molecule has 0 atom stereocenters. The van der Waals surface area contributed by atoms with Crippen molar-refractivity contribution < 1.29 is 14.6 Å². The van der Waals surface area contributed by atoms with Crippen molar-refractivity contribution in [3.05, 3.63) is 136 Å². The van der Waals surface area contributed by atoms with Gasteiger partial charge < -0.3 is 20.1 Å². The zero-order valence-corrected chi connectivity index (χ0v) is 31.0. The van der Waals surface area contributed by atoms with Gasteiger partial charge in [0, 0.05) is 42.0 Å². The summed E-state index contributed by atoms with van der Waals surface area (Å²) < 4.78 is 6.79. The van der Waals surface area contributed by atoms with Gasteiger partial charge in [-0.2, -0.15) is 0 Å². The molecule has 1 heterocycles. The van der Waals surface area contributed by atoms with Crippen LogP contribution in [0.15, 0.2) is 120 Å². The quantitative estimate of drug-likeness (QED) is 0.168. The molecule has 2 aliphatic rings. The Morgan fingerprint density at radius 3 is 2.44 bits per heavy atom. The molecule has 0 bridgehead atoms. The van der Waals surface area contributed by atoms with Crippen LogP contribution in [0.2, 0.25) is 0 Å². The topological polar surface area (TPSA) is 61.8 Å². The Labute approximate surface area is 300 Å². The smallest absolute Gasteiger partial charge is 0.303 e. The zero-order valence-electron chi connectivity index (χ0n) is 31.0. The number of aryl methyl sites for hydroxylation is 1. The SMILES string of the molecule is CCCNc1ccccc1C(C)(C)C/C=C/C1=C(Oc2ccc(CCC(=O)O)cc2)C(=C/C=C2/N(CCC)c3ccccc3C2(C)C)/CCC1. The van der Waals surface area contributed by atoms with E-state index >= 15 is 0 Å². The molecule has 0 unspecified atom stereocenters. The first-order chi connectivity index (χ1) is 24.0. The van der Waals surface area contributed by atoms with Crippen LogP contribution in [-0.4, -0.2) is 24.2 Å². The molecular weight excluding hydrogens is 617 g/mol. The third-order valence-corrected chi connectivity index (χ3v) is 10.1. The number of ether oxygens (including phenoxy) is 1. The largest absolute Gasteiger partial charge is 0.481 e. The Hall–Kier alpha value is -4.51. The second kappa shape index (κ2) is 16.5. The van der Waals surface area contributed by atoms with Crippen LogP contribution >= 0.6 is 0 Å². The minimum absolute atomic E-state index is 0.0508. The van der Waals surface area contributed by atoms with Crippen molar-refractivity contribution in [2.45, 2.75) is 104 Å². The summed E-state index contributed by atoms with van der Waals surface area (Å²) in [5.74, 6) is 0.914. The number of carboxylic acid groups (broad SMARTS) is 1. The molecule has 0 saturated heterocycles. The van der Waals surface area contributed by atoms with Crippen LogP contribution in [0.4, 0.5) is 11.4 Å². The molecule has 1 aliphatic carbocycles. The average molecular weight is 673 g/mol. The zero-order chi connectivity index (χ0) is 35.7. The summed E-state index contributed by atoms with van der Waals surface area (Å²) in [5.41, 5.74) is 9.79. The lowest BCUT2D eigenvalue weighted by molar-refractivity contribution is -0.136. The number of rotatable bonds is 15. The van der Waals surface area contributed by atoms with Gasteiger partial charge in [0.1, 0.15) is 11.5 Å². The molecule has 1 aliphatic heterocycles. The summed E-state index contributed by atoms with van der Waals surface area (Å²) in [6.07, 6.45) is 15.9. The number of hydrogen-bond acceptors (Lipinski definition) is 4. The van der Waals surface area contributed by atoms with Crippen molar-refractivity contribution in [1.82, 2.24) is 0 Å². The van der Waals surface area contributed by atoms with Gasteiger partial charge in [0.2, 0.25) is 0 Å². The molecule has 264 valence electrons. The molecule has 0 spiro atoms. The fraction of sp³-hybridized carbons (Fsp3) is 0.400. The molecule has 0 aromatic heterocycles. The minimum Gasteiger partial charge on any atom is -0.481 e. The fourth-order valence-electron chi connectivity index (χ4n) is 7.32. The third-order valence-electron chi connectivity index (χ3n) is 10.1. The number of benzene rings is 3. The first-order valence-electron chi connectivity index (χ1n) is 18.6. The van der Waals surface area contributed by atoms with E-state index in [4.69, 9.17) is 9.84 Å². The molecule has 5 rings (SSSR count). The van der Waals surface area contributed by atoms with Crippen molar-refractivity contribution in [2.24, 2.45) is 0 Å². The summed E-state index contributed by atoms with van der Waals surface area (Å²) in [6, 6.07) is 25.4. The minimum atomic E-state index is -0.784. The van der Waals surface area contributed by atoms with E-state index in [9.17, 15) is 4.79 Å². The molecule has 0 amide bonds. The van der Waals surface area contributed by atoms with E-state index in [1.165, 1.54) is 39.3 Å². The van der Waals surface area contributed by atoms with Gasteiger partial charge in [-0.3, -0.25) is 4.79 Å². The lowest BCUT2D eigenvalue weighted by Crippen LogP contribution is -2.26. The van der Waals surface area contributed by atoms with Crippen molar-refractivity contribution in [3.8, 4) is 5.75 Å². The standard InChI is InChI=1S/C45H56N2O3/c1-7-31-46-39-20-11-9-18-37(39)44(3,4)30-14-17-34-15-13-16-35(43(34)50-36-26-22-33(23-27-36)24-29-42(48)49)25-28-41-45(5,6)38-19-10-12-21-40(38)47(41)32-8-2/h9-12,14,17-23,25-28,46H,7-8,13,15-16,24,29-32H2,1-6H3,(H,48,49)/b17-14+,35-25+,41-28+. The van der Waals surface area contributed by atoms with Gasteiger partial charge in [0.05, 0.1) is 0 Å². The molecule has 0 saturated carbocycles. The molecule has 50 heavy (non-hydrogen) atoms. The number of nitrogens with one attached hydrogen (secondary N) is 1. The Morgan fingerprint density at radius 2 is 1.70 bits per heavy atom. The molecule has 0 radical (unpaired) electrons. The number of carboxylic acids is 1. The summed E-state index contributed by atoms with van der Waals surface area (Å²) in [4.78, 5) is 13.6. The molecule has 3 aromatic carbocycles. The normalized spacial score (nSPS) is 17.5. The van der Waals surface area contributed by atoms with Crippen LogP contribution in [0.1, 0.15) is 103 Å². The predicted octanol–water partition coefficient (Wildman–Crippen LogP) is 11.3. The van der Waals surface area contributed by atoms with Crippen molar-refractivity contribution in [1.29, 1.82) is 0 Å². The predicted molar refractivity (Wildman–Crippen MR) is 209 cm³/mol. The highest BCUT2D eigenvalue weighted by molar-refractivity contribution is 5.71. The number of aliphatic carboxylic acids is 1. The summed E-state index contributed by atoms with van der Waals surface area (Å²) >= 11 is 0. The summed E-state index contributed by atoms with van der Waals surface area (Å²) in [7, 11) is 0. The van der Waals surface area contributed by atoms with Crippen LogP contribution in [0.5, 0.6) is 5.75 Å². The second-order valence-corrected chi connectivity index (χ2v) is 14.8. The van der Waals surface area contributed by atoms with Crippen LogP contribution in [0.25, 0.3) is 0 Å². The van der Waals surface area contributed by atoms with Crippen molar-refractivity contribution in [3.63, 3.8) is 0 Å². The molecule has 3 aromatic rings. The Balaban J connectivity index is 1.49. The Morgan fingerprint density at radius 1 is 0.960 bits per heavy atom. The molecule has 0 fully saturated rings. The molecule has 2 N–H and O–H groups in total. The lowest BCUT2D eigenvalue weighted by atomic mass is 9.80. The van der Waals surface area contributed by atoms with Gasteiger partial charge in [-0.1, -0.05) is 108 Å². The molecule has 5 heteroatoms. The van der Waals surface area contributed by atoms with Crippen LogP contribution in [-0.2, 0) is 22.0 Å². The maximum Gasteiger partial charge on any atom is 0.303 e. The van der Waals surface area contributed by atoms with Gasteiger partial charge in [-0.15, -0.1) is 0 Å². The first kappa shape index (κ1) is 36.8. The van der Waals surface area contributed by atoms with Crippen molar-refractivity contribution in [2.75, 3.05) is 23.3 Å². The number of fused-ring (bicyclic) bond motifs is 1. The lowest BCUT2D eigenvalue weighted by Gasteiger charge is -2.28. The number of para-hydroxylation sites is 2. The number of nitrogens with zero attached hydrogens (tertiary/aromatic N) is 1. The monoisotopic (exact) mass is 672 g/mol. The number of anilines is 2. The molecular formula is C45H56N2O3. The van der Waals surface area contributed by atoms with Crippen LogP contribution < -0.4 is 15.0 Å². The van der Waals surface area contributed by atoms with Gasteiger partial charge in [-0.05, 0) is 109 Å². The third kappa shape index (κ3) is 8.61. The van der Waals surface area contributed by atoms with Crippen molar-refractivity contribution >= 4 is 17.3 Å². The van der Waals surface area contributed by atoms with E-state index in [1.54, 1.807) is 0 Å². The van der Waals surface area contributed by atoms with Gasteiger partial charge in [0.15, 0.2) is 0 Å². The number of hydrogen-bond donors (Lipinski definition) is 2. The van der Waals surface area contributed by atoms with E-state index in [0.29, 0.717) is 6.42 Å². The van der Waals surface area contributed by atoms with E-state index in [1.807, 2.05) is 24.3 Å². The summed E-state index contributed by atoms with van der Waals surface area (Å²) in [5, 5.41) is 12.8. The van der Waals surface area contributed by atoms with Gasteiger partial charge >= 0.3 is 5.97 Å².